The smallest absolute Gasteiger partial charge is 0.274 e. The quantitative estimate of drug-likeness (QED) is 0.842. The molecule has 0 fully saturated rings. The van der Waals surface area contributed by atoms with E-state index >= 15 is 0 Å². The predicted molar refractivity (Wildman–Crippen MR) is 81.5 cm³/mol. The van der Waals surface area contributed by atoms with Crippen LogP contribution < -0.4 is 5.73 Å². The molecule has 0 radical (unpaired) electrons. The Kier molecular flexibility index (Phi) is 3.97. The molecule has 0 saturated carbocycles. The van der Waals surface area contributed by atoms with Gasteiger partial charge in [0, 0.05) is 24.2 Å². The van der Waals surface area contributed by atoms with E-state index in [1.165, 1.54) is 0 Å². The van der Waals surface area contributed by atoms with Gasteiger partial charge in [0.25, 0.3) is 5.91 Å². The monoisotopic (exact) mass is 274 g/mol. The van der Waals surface area contributed by atoms with Crippen LogP contribution in [-0.4, -0.2) is 34.1 Å². The fourth-order valence-electron chi connectivity index (χ4n) is 2.40. The van der Waals surface area contributed by atoms with E-state index in [-0.39, 0.29) is 11.9 Å². The van der Waals surface area contributed by atoms with Crippen LogP contribution in [0.1, 0.15) is 37.7 Å². The zero-order valence-electron chi connectivity index (χ0n) is 12.5. The fourth-order valence-corrected chi connectivity index (χ4v) is 2.40. The first kappa shape index (κ1) is 14.4. The van der Waals surface area contributed by atoms with E-state index in [9.17, 15) is 4.79 Å². The highest BCUT2D eigenvalue weighted by Crippen LogP contribution is 2.21. The Balaban J connectivity index is 2.29. The number of benzene rings is 1. The topological polar surface area (TPSA) is 75.0 Å². The third-order valence-corrected chi connectivity index (χ3v) is 3.58. The summed E-state index contributed by atoms with van der Waals surface area (Å²) >= 11 is 0. The number of aromatic amines is 1. The molecule has 0 aliphatic heterocycles. The van der Waals surface area contributed by atoms with Crippen molar-refractivity contribution >= 4 is 22.5 Å². The van der Waals surface area contributed by atoms with Crippen molar-refractivity contribution < 1.29 is 4.79 Å². The lowest BCUT2D eigenvalue weighted by molar-refractivity contribution is 0.0724. The number of anilines is 1. The molecular weight excluding hydrogens is 252 g/mol. The number of carbonyl (C=O) groups is 1. The van der Waals surface area contributed by atoms with Crippen molar-refractivity contribution in [1.82, 2.24) is 15.1 Å². The molecule has 0 aliphatic rings. The largest absolute Gasteiger partial charge is 0.399 e. The van der Waals surface area contributed by atoms with E-state index < -0.39 is 0 Å². The van der Waals surface area contributed by atoms with Crippen LogP contribution in [0.4, 0.5) is 5.69 Å². The van der Waals surface area contributed by atoms with Crippen LogP contribution >= 0.6 is 0 Å². The normalized spacial score (nSPS) is 12.8. The molecule has 0 bridgehead atoms. The number of nitrogens with two attached hydrogens (primary N) is 1. The van der Waals surface area contributed by atoms with Crippen molar-refractivity contribution in [3.8, 4) is 0 Å². The molecule has 3 N–H and O–H groups in total. The summed E-state index contributed by atoms with van der Waals surface area (Å²) < 4.78 is 0. The van der Waals surface area contributed by atoms with Crippen LogP contribution in [0.5, 0.6) is 0 Å². The fraction of sp³-hybridized carbons (Fsp3) is 0.467. The predicted octanol–water partition coefficient (Wildman–Crippen LogP) is 2.65. The molecule has 0 saturated heterocycles. The van der Waals surface area contributed by atoms with E-state index in [2.05, 4.69) is 31.0 Å². The number of H-pyrrole nitrogens is 1. The van der Waals surface area contributed by atoms with Gasteiger partial charge in [0.2, 0.25) is 0 Å². The zero-order valence-corrected chi connectivity index (χ0v) is 12.5. The molecule has 5 heteroatoms. The van der Waals surface area contributed by atoms with E-state index in [4.69, 9.17) is 5.73 Å². The molecule has 1 heterocycles. The van der Waals surface area contributed by atoms with Crippen molar-refractivity contribution in [1.29, 1.82) is 0 Å². The summed E-state index contributed by atoms with van der Waals surface area (Å²) in [7, 11) is 1.82. The number of nitrogen functional groups attached to an aromatic ring is 1. The second kappa shape index (κ2) is 5.53. The third-order valence-electron chi connectivity index (χ3n) is 3.58. The molecule has 5 nitrogen and oxygen atoms in total. The van der Waals surface area contributed by atoms with Gasteiger partial charge in [-0.1, -0.05) is 13.8 Å². The van der Waals surface area contributed by atoms with Gasteiger partial charge in [-0.25, -0.2) is 0 Å². The van der Waals surface area contributed by atoms with Crippen LogP contribution in [0.25, 0.3) is 10.9 Å². The Morgan fingerprint density at radius 1 is 1.40 bits per heavy atom. The van der Waals surface area contributed by atoms with E-state index in [0.29, 0.717) is 17.3 Å². The van der Waals surface area contributed by atoms with Gasteiger partial charge in [-0.2, -0.15) is 5.10 Å². The highest BCUT2D eigenvalue weighted by molar-refractivity contribution is 6.05. The first-order valence-electron chi connectivity index (χ1n) is 6.91. The maximum atomic E-state index is 12.6. The van der Waals surface area contributed by atoms with Crippen LogP contribution in [0, 0.1) is 5.92 Å². The molecule has 1 aromatic carbocycles. The molecule has 1 amide bonds. The Morgan fingerprint density at radius 2 is 2.10 bits per heavy atom. The minimum Gasteiger partial charge on any atom is -0.399 e. The molecule has 2 rings (SSSR count). The van der Waals surface area contributed by atoms with Gasteiger partial charge in [-0.15, -0.1) is 0 Å². The lowest BCUT2D eigenvalue weighted by Gasteiger charge is -2.25. The average Bonchev–Trinajstić information content (AvgIpc) is 2.79. The Hall–Kier alpha value is -2.04. The molecule has 2 aromatic rings. The van der Waals surface area contributed by atoms with Crippen LogP contribution in [0.2, 0.25) is 0 Å². The van der Waals surface area contributed by atoms with Crippen LogP contribution in [0.3, 0.4) is 0 Å². The van der Waals surface area contributed by atoms with E-state index in [0.717, 1.165) is 17.3 Å². The lowest BCUT2D eigenvalue weighted by Crippen LogP contribution is -2.36. The van der Waals surface area contributed by atoms with Crippen molar-refractivity contribution in [3.05, 3.63) is 23.9 Å². The van der Waals surface area contributed by atoms with Gasteiger partial charge in [0.05, 0.1) is 5.52 Å². The Labute approximate surface area is 119 Å². The van der Waals surface area contributed by atoms with E-state index in [1.54, 1.807) is 17.0 Å². The summed E-state index contributed by atoms with van der Waals surface area (Å²) in [6.45, 7) is 6.36. The van der Waals surface area contributed by atoms with E-state index in [1.807, 2.05) is 13.1 Å². The Morgan fingerprint density at radius 3 is 2.75 bits per heavy atom. The number of amides is 1. The molecule has 0 unspecified atom stereocenters. The second-order valence-corrected chi connectivity index (χ2v) is 5.77. The summed E-state index contributed by atoms with van der Waals surface area (Å²) in [4.78, 5) is 14.3. The number of nitrogens with one attached hydrogen (secondary N) is 1. The number of fused-ring (bicyclic) bond motifs is 1. The van der Waals surface area contributed by atoms with Gasteiger partial charge in [0.15, 0.2) is 5.69 Å². The van der Waals surface area contributed by atoms with Crippen molar-refractivity contribution in [3.63, 3.8) is 0 Å². The number of aromatic nitrogens is 2. The maximum Gasteiger partial charge on any atom is 0.274 e. The minimum atomic E-state index is -0.0741. The summed E-state index contributed by atoms with van der Waals surface area (Å²) in [6, 6.07) is 5.59. The van der Waals surface area contributed by atoms with Gasteiger partial charge >= 0.3 is 0 Å². The number of carbonyl (C=O) groups excluding carboxylic acids is 1. The van der Waals surface area contributed by atoms with Crippen LogP contribution in [-0.2, 0) is 0 Å². The second-order valence-electron chi connectivity index (χ2n) is 5.77. The zero-order chi connectivity index (χ0) is 14.9. The molecule has 1 atom stereocenters. The SMILES string of the molecule is CC(C)C[C@@H](C)N(C)C(=O)c1n[nH]c2ccc(N)cc12. The van der Waals surface area contributed by atoms with Crippen molar-refractivity contribution in [2.45, 2.75) is 33.2 Å². The molecular formula is C15H22N4O. The highest BCUT2D eigenvalue weighted by atomic mass is 16.2. The first-order valence-corrected chi connectivity index (χ1v) is 6.91. The number of hydrogen-bond donors (Lipinski definition) is 2. The highest BCUT2D eigenvalue weighted by Gasteiger charge is 2.22. The molecule has 1 aromatic heterocycles. The summed E-state index contributed by atoms with van der Waals surface area (Å²) in [5, 5.41) is 7.80. The van der Waals surface area contributed by atoms with Gasteiger partial charge in [0.1, 0.15) is 0 Å². The number of hydrogen-bond acceptors (Lipinski definition) is 3. The standard InChI is InChI=1S/C15H22N4O/c1-9(2)7-10(3)19(4)15(20)14-12-8-11(16)5-6-13(12)17-18-14/h5-6,8-10H,7,16H2,1-4H3,(H,17,18)/t10-/m1/s1. The Bertz CT molecular complexity index is 617. The summed E-state index contributed by atoms with van der Waals surface area (Å²) in [5.74, 6) is 0.474. The summed E-state index contributed by atoms with van der Waals surface area (Å²) in [6.07, 6.45) is 0.965. The molecule has 20 heavy (non-hydrogen) atoms. The third kappa shape index (κ3) is 2.76. The number of nitrogens with zero attached hydrogens (tertiary/aromatic N) is 2. The average molecular weight is 274 g/mol. The number of rotatable bonds is 4. The van der Waals surface area contributed by atoms with Crippen LogP contribution in [0.15, 0.2) is 18.2 Å². The van der Waals surface area contributed by atoms with Crippen molar-refractivity contribution in [2.75, 3.05) is 12.8 Å². The summed E-state index contributed by atoms with van der Waals surface area (Å²) in [5.41, 5.74) is 7.68. The van der Waals surface area contributed by atoms with Gasteiger partial charge in [-0.05, 0) is 37.5 Å². The molecule has 0 spiro atoms. The molecule has 108 valence electrons. The molecule has 0 aliphatic carbocycles. The van der Waals surface area contributed by atoms with Crippen molar-refractivity contribution in [2.24, 2.45) is 5.92 Å². The van der Waals surface area contributed by atoms with Gasteiger partial charge in [-0.3, -0.25) is 9.89 Å². The lowest BCUT2D eigenvalue weighted by atomic mass is 10.0. The van der Waals surface area contributed by atoms with Gasteiger partial charge < -0.3 is 10.6 Å². The maximum absolute atomic E-state index is 12.6. The minimum absolute atomic E-state index is 0.0741. The first-order chi connectivity index (χ1) is 9.40.